The number of thiazole rings is 1. The number of nitrogens with two attached hydrogens (primary N) is 1. The summed E-state index contributed by atoms with van der Waals surface area (Å²) in [7, 11) is 0. The Bertz CT molecular complexity index is 374. The summed E-state index contributed by atoms with van der Waals surface area (Å²) in [6, 6.07) is 0. The summed E-state index contributed by atoms with van der Waals surface area (Å²) in [6.07, 6.45) is 3.66. The molecule has 2 heterocycles. The van der Waals surface area contributed by atoms with Gasteiger partial charge >= 0.3 is 0 Å². The maximum absolute atomic E-state index is 5.58. The Balaban J connectivity index is 2.80. The Morgan fingerprint density at radius 2 is 2.55 bits per heavy atom. The van der Waals surface area contributed by atoms with Gasteiger partial charge in [-0.2, -0.15) is 0 Å². The van der Waals surface area contributed by atoms with Crippen molar-refractivity contribution in [2.75, 3.05) is 0 Å². The molecule has 0 aliphatic carbocycles. The molecule has 0 spiro atoms. The lowest BCUT2D eigenvalue weighted by atomic mass is 10.4. The molecule has 58 valence electrons. The molecule has 0 aliphatic rings. The molecule has 2 aromatic heterocycles. The van der Waals surface area contributed by atoms with Crippen LogP contribution in [0.2, 0.25) is 0 Å². The molecule has 0 aliphatic heterocycles. The molecular weight excluding hydrogens is 158 g/mol. The monoisotopic (exact) mass is 167 g/mol. The van der Waals surface area contributed by atoms with Gasteiger partial charge < -0.3 is 5.73 Å². The Morgan fingerprint density at radius 1 is 1.73 bits per heavy atom. The average Bonchev–Trinajstić information content (AvgIpc) is 2.46. The Morgan fingerprint density at radius 3 is 3.27 bits per heavy atom. The zero-order chi connectivity index (χ0) is 7.84. The number of hydrogen-bond acceptors (Lipinski definition) is 3. The molecular formula is C7H9N3S. The van der Waals surface area contributed by atoms with Crippen LogP contribution in [0.3, 0.4) is 0 Å². The summed E-state index contributed by atoms with van der Waals surface area (Å²) in [6.45, 7) is 2.67. The van der Waals surface area contributed by atoms with Crippen molar-refractivity contribution >= 4 is 16.2 Å². The van der Waals surface area contributed by atoms with E-state index >= 15 is 0 Å². The number of aryl methyl sites for hydroxylation is 1. The fourth-order valence-electron chi connectivity index (χ4n) is 1.19. The molecule has 0 saturated heterocycles. The maximum Gasteiger partial charge on any atom is 0.119 e. The Hall–Kier alpha value is -0.870. The maximum atomic E-state index is 5.58. The van der Waals surface area contributed by atoms with Crippen LogP contribution in [0.15, 0.2) is 12.5 Å². The van der Waals surface area contributed by atoms with E-state index in [1.54, 1.807) is 17.7 Å². The minimum Gasteiger partial charge on any atom is -0.325 e. The molecule has 0 amide bonds. The van der Waals surface area contributed by atoms with E-state index in [-0.39, 0.29) is 0 Å². The second-order valence-electron chi connectivity index (χ2n) is 2.41. The van der Waals surface area contributed by atoms with Crippen LogP contribution in [0.1, 0.15) is 10.6 Å². The van der Waals surface area contributed by atoms with Crippen LogP contribution in [0.5, 0.6) is 0 Å². The first kappa shape index (κ1) is 6.82. The third-order valence-electron chi connectivity index (χ3n) is 1.75. The SMILES string of the molecule is Cc1sc2cncn2c1CN. The smallest absolute Gasteiger partial charge is 0.119 e. The molecule has 0 unspecified atom stereocenters. The van der Waals surface area contributed by atoms with Crippen molar-refractivity contribution in [1.29, 1.82) is 0 Å². The van der Waals surface area contributed by atoms with Crippen molar-refractivity contribution in [2.45, 2.75) is 13.5 Å². The van der Waals surface area contributed by atoms with Crippen molar-refractivity contribution < 1.29 is 0 Å². The molecule has 0 saturated carbocycles. The van der Waals surface area contributed by atoms with E-state index in [4.69, 9.17) is 5.73 Å². The first-order valence-electron chi connectivity index (χ1n) is 3.43. The van der Waals surface area contributed by atoms with Gasteiger partial charge in [-0.15, -0.1) is 11.3 Å². The first-order valence-corrected chi connectivity index (χ1v) is 4.25. The molecule has 0 atom stereocenters. The molecule has 2 aromatic rings. The fraction of sp³-hybridized carbons (Fsp3) is 0.286. The normalized spacial score (nSPS) is 11.1. The van der Waals surface area contributed by atoms with E-state index in [9.17, 15) is 0 Å². The lowest BCUT2D eigenvalue weighted by Gasteiger charge is -1.93. The van der Waals surface area contributed by atoms with Gasteiger partial charge in [0.05, 0.1) is 11.9 Å². The molecule has 3 nitrogen and oxygen atoms in total. The number of hydrogen-bond donors (Lipinski definition) is 1. The molecule has 0 radical (unpaired) electrons. The Labute approximate surface area is 68.5 Å². The van der Waals surface area contributed by atoms with Crippen LogP contribution in [0, 0.1) is 6.92 Å². The van der Waals surface area contributed by atoms with Gasteiger partial charge in [0.1, 0.15) is 11.2 Å². The fourth-order valence-corrected chi connectivity index (χ4v) is 2.17. The van der Waals surface area contributed by atoms with E-state index in [1.165, 1.54) is 15.4 Å². The number of fused-ring (bicyclic) bond motifs is 1. The van der Waals surface area contributed by atoms with Gasteiger partial charge in [-0.1, -0.05) is 0 Å². The molecule has 0 aromatic carbocycles. The van der Waals surface area contributed by atoms with Gasteiger partial charge in [0.15, 0.2) is 0 Å². The van der Waals surface area contributed by atoms with E-state index in [0.717, 1.165) is 0 Å². The van der Waals surface area contributed by atoms with Crippen molar-refractivity contribution in [3.05, 3.63) is 23.1 Å². The highest BCUT2D eigenvalue weighted by Gasteiger charge is 2.05. The zero-order valence-corrected chi connectivity index (χ0v) is 7.06. The predicted octanol–water partition coefficient (Wildman–Crippen LogP) is 1.16. The van der Waals surface area contributed by atoms with E-state index in [2.05, 4.69) is 11.9 Å². The minimum absolute atomic E-state index is 0.586. The summed E-state index contributed by atoms with van der Waals surface area (Å²) in [4.78, 5) is 6.48. The largest absolute Gasteiger partial charge is 0.325 e. The minimum atomic E-state index is 0.586. The number of aromatic nitrogens is 2. The third kappa shape index (κ3) is 0.868. The molecule has 0 bridgehead atoms. The quantitative estimate of drug-likeness (QED) is 0.692. The molecule has 0 fully saturated rings. The van der Waals surface area contributed by atoms with Gasteiger partial charge in [0.25, 0.3) is 0 Å². The van der Waals surface area contributed by atoms with Gasteiger partial charge in [-0.05, 0) is 6.92 Å². The molecule has 2 rings (SSSR count). The summed E-state index contributed by atoms with van der Waals surface area (Å²) in [5.41, 5.74) is 6.75. The highest BCUT2D eigenvalue weighted by atomic mass is 32.1. The average molecular weight is 167 g/mol. The van der Waals surface area contributed by atoms with Crippen molar-refractivity contribution in [2.24, 2.45) is 5.73 Å². The highest BCUT2D eigenvalue weighted by Crippen LogP contribution is 2.21. The van der Waals surface area contributed by atoms with E-state index in [1.807, 2.05) is 10.6 Å². The first-order chi connectivity index (χ1) is 5.33. The second kappa shape index (κ2) is 2.32. The van der Waals surface area contributed by atoms with Gasteiger partial charge in [0.2, 0.25) is 0 Å². The van der Waals surface area contributed by atoms with Crippen molar-refractivity contribution in [3.63, 3.8) is 0 Å². The van der Waals surface area contributed by atoms with E-state index in [0.29, 0.717) is 6.54 Å². The van der Waals surface area contributed by atoms with Gasteiger partial charge in [-0.25, -0.2) is 4.98 Å². The Kier molecular flexibility index (Phi) is 1.44. The molecule has 2 N–H and O–H groups in total. The number of rotatable bonds is 1. The standard InChI is InChI=1S/C7H9N3S/c1-5-6(2-8)10-4-9-3-7(10)11-5/h3-4H,2,8H2,1H3. The summed E-state index contributed by atoms with van der Waals surface area (Å²) in [5, 5.41) is 0. The summed E-state index contributed by atoms with van der Waals surface area (Å²) < 4.78 is 2.04. The second-order valence-corrected chi connectivity index (χ2v) is 3.65. The van der Waals surface area contributed by atoms with Gasteiger partial charge in [-0.3, -0.25) is 4.40 Å². The van der Waals surface area contributed by atoms with Crippen molar-refractivity contribution in [1.82, 2.24) is 9.38 Å². The lowest BCUT2D eigenvalue weighted by molar-refractivity contribution is 0.944. The molecule has 11 heavy (non-hydrogen) atoms. The highest BCUT2D eigenvalue weighted by molar-refractivity contribution is 7.17. The zero-order valence-electron chi connectivity index (χ0n) is 6.24. The topological polar surface area (TPSA) is 43.3 Å². The molecule has 4 heteroatoms. The third-order valence-corrected chi connectivity index (χ3v) is 2.81. The van der Waals surface area contributed by atoms with Crippen LogP contribution < -0.4 is 5.73 Å². The van der Waals surface area contributed by atoms with Crippen LogP contribution in [0.4, 0.5) is 0 Å². The number of imidazole rings is 1. The van der Waals surface area contributed by atoms with Crippen LogP contribution in [-0.2, 0) is 6.54 Å². The van der Waals surface area contributed by atoms with Crippen LogP contribution in [-0.4, -0.2) is 9.38 Å². The number of nitrogens with zero attached hydrogens (tertiary/aromatic N) is 2. The lowest BCUT2D eigenvalue weighted by Crippen LogP contribution is -2.00. The van der Waals surface area contributed by atoms with Crippen molar-refractivity contribution in [3.8, 4) is 0 Å². The van der Waals surface area contributed by atoms with Gasteiger partial charge in [0, 0.05) is 11.4 Å². The van der Waals surface area contributed by atoms with E-state index < -0.39 is 0 Å². The summed E-state index contributed by atoms with van der Waals surface area (Å²) >= 11 is 1.73. The summed E-state index contributed by atoms with van der Waals surface area (Å²) in [5.74, 6) is 0. The van der Waals surface area contributed by atoms with Crippen LogP contribution in [0.25, 0.3) is 4.83 Å². The predicted molar refractivity (Wildman–Crippen MR) is 45.7 cm³/mol. The van der Waals surface area contributed by atoms with Crippen LogP contribution >= 0.6 is 11.3 Å².